The van der Waals surface area contributed by atoms with Gasteiger partial charge in [-0.1, -0.05) is 44.5 Å². The lowest BCUT2D eigenvalue weighted by molar-refractivity contribution is 0.0391. The van der Waals surface area contributed by atoms with Gasteiger partial charge in [0.1, 0.15) is 12.4 Å². The van der Waals surface area contributed by atoms with Gasteiger partial charge in [0.05, 0.1) is 26.4 Å². The first-order valence-electron chi connectivity index (χ1n) is 14.3. The minimum absolute atomic E-state index is 0.172. The molecule has 0 aromatic heterocycles. The van der Waals surface area contributed by atoms with E-state index in [1.165, 1.54) is 0 Å². The van der Waals surface area contributed by atoms with Gasteiger partial charge in [-0.15, -0.1) is 0 Å². The van der Waals surface area contributed by atoms with Crippen LogP contribution in [-0.4, -0.2) is 81.1 Å². The van der Waals surface area contributed by atoms with Crippen molar-refractivity contribution in [3.63, 3.8) is 0 Å². The maximum absolute atomic E-state index is 12.0. The molecule has 10 heteroatoms. The van der Waals surface area contributed by atoms with Gasteiger partial charge in [0.2, 0.25) is 0 Å². The summed E-state index contributed by atoms with van der Waals surface area (Å²) in [6.07, 6.45) is 1.60. The zero-order valence-corrected chi connectivity index (χ0v) is 26.4. The second-order valence-electron chi connectivity index (χ2n) is 9.43. The van der Waals surface area contributed by atoms with E-state index in [-0.39, 0.29) is 12.1 Å². The monoisotopic (exact) mass is 587 g/mol. The first kappa shape index (κ1) is 34.1. The van der Waals surface area contributed by atoms with Gasteiger partial charge in [-0.05, 0) is 62.2 Å². The number of hydrogen-bond acceptors (Lipinski definition) is 8. The smallest absolute Gasteiger partial charge is 0.415 e. The van der Waals surface area contributed by atoms with Crippen LogP contribution in [0.2, 0.25) is 5.02 Å². The summed E-state index contributed by atoms with van der Waals surface area (Å²) in [5.41, 5.74) is 3.95. The number of hydrazone groups is 2. The van der Waals surface area contributed by atoms with Crippen LogP contribution in [0.4, 0.5) is 10.5 Å². The summed E-state index contributed by atoms with van der Waals surface area (Å²) in [5.74, 6) is 0.753. The van der Waals surface area contributed by atoms with E-state index in [1.54, 1.807) is 29.3 Å². The highest BCUT2D eigenvalue weighted by molar-refractivity contribution is 6.30. The summed E-state index contributed by atoms with van der Waals surface area (Å²) in [4.78, 5) is 16.1. The normalized spacial score (nSPS) is 17.6. The highest BCUT2D eigenvalue weighted by Crippen LogP contribution is 2.34. The Kier molecular flexibility index (Phi) is 15.2. The zero-order chi connectivity index (χ0) is 30.2. The molecule has 1 atom stereocenters. The van der Waals surface area contributed by atoms with Crippen molar-refractivity contribution in [3.8, 4) is 5.75 Å². The summed E-state index contributed by atoms with van der Waals surface area (Å²) < 4.78 is 15.8. The fraction of sp³-hybridized carbons (Fsp3) is 0.516. The number of hydrogen-bond donors (Lipinski definition) is 0. The van der Waals surface area contributed by atoms with E-state index in [2.05, 4.69) is 29.0 Å². The predicted octanol–water partition coefficient (Wildman–Crippen LogP) is 6.88. The molecule has 2 aliphatic heterocycles. The summed E-state index contributed by atoms with van der Waals surface area (Å²) in [7, 11) is 3.50. The van der Waals surface area contributed by atoms with Gasteiger partial charge >= 0.3 is 6.09 Å². The number of halogens is 1. The molecule has 1 amide bonds. The van der Waals surface area contributed by atoms with Crippen molar-refractivity contribution in [2.75, 3.05) is 58.5 Å². The van der Waals surface area contributed by atoms with E-state index in [0.717, 1.165) is 74.1 Å². The number of rotatable bonds is 9. The maximum atomic E-state index is 12.0. The van der Waals surface area contributed by atoms with Crippen LogP contribution in [0.5, 0.6) is 5.75 Å². The molecule has 0 N–H and O–H groups in total. The Hall–Kier alpha value is -3.14. The molecule has 0 saturated carbocycles. The minimum atomic E-state index is -0.356. The molecule has 9 nitrogen and oxygen atoms in total. The third-order valence-electron chi connectivity index (χ3n) is 6.49. The van der Waals surface area contributed by atoms with Crippen LogP contribution < -0.4 is 9.64 Å². The van der Waals surface area contributed by atoms with Crippen LogP contribution in [0.15, 0.2) is 58.7 Å². The van der Waals surface area contributed by atoms with Crippen LogP contribution in [0.25, 0.3) is 0 Å². The molecule has 0 aliphatic carbocycles. The first-order chi connectivity index (χ1) is 19.8. The molecule has 41 heavy (non-hydrogen) atoms. The highest BCUT2D eigenvalue weighted by Gasteiger charge is 2.35. The third kappa shape index (κ3) is 11.3. The number of ether oxygens (including phenoxy) is 3. The lowest BCUT2D eigenvalue weighted by Gasteiger charge is -2.26. The summed E-state index contributed by atoms with van der Waals surface area (Å²) >= 11 is 5.90. The third-order valence-corrected chi connectivity index (χ3v) is 6.74. The molecule has 226 valence electrons. The number of cyclic esters (lactones) is 1. The Morgan fingerprint density at radius 2 is 1.73 bits per heavy atom. The minimum Gasteiger partial charge on any atom is -0.497 e. The van der Waals surface area contributed by atoms with Crippen LogP contribution >= 0.6 is 11.6 Å². The van der Waals surface area contributed by atoms with Crippen molar-refractivity contribution < 1.29 is 19.0 Å². The zero-order valence-electron chi connectivity index (χ0n) is 25.6. The van der Waals surface area contributed by atoms with Crippen molar-refractivity contribution in [3.05, 3.63) is 59.1 Å². The number of methoxy groups -OCH3 is 1. The number of anilines is 1. The molecule has 2 saturated heterocycles. The first-order valence-corrected chi connectivity index (χ1v) is 14.7. The molecule has 2 aliphatic rings. The summed E-state index contributed by atoms with van der Waals surface area (Å²) in [6.45, 7) is 15.3. The second-order valence-corrected chi connectivity index (χ2v) is 9.87. The molecule has 1 unspecified atom stereocenters. The number of amides is 1. The molecule has 2 aromatic carbocycles. The van der Waals surface area contributed by atoms with Crippen LogP contribution in [0, 0.1) is 0 Å². The van der Waals surface area contributed by atoms with E-state index in [4.69, 9.17) is 25.8 Å². The van der Waals surface area contributed by atoms with Gasteiger partial charge in [-0.25, -0.2) is 4.79 Å². The molecular weight excluding hydrogens is 542 g/mol. The molecule has 2 heterocycles. The van der Waals surface area contributed by atoms with Crippen molar-refractivity contribution in [2.45, 2.75) is 53.5 Å². The number of carbonyl (C=O) groups is 1. The van der Waals surface area contributed by atoms with Crippen LogP contribution in [-0.2, 0) is 9.47 Å². The fourth-order valence-electron chi connectivity index (χ4n) is 4.18. The van der Waals surface area contributed by atoms with Gasteiger partial charge in [-0.3, -0.25) is 9.80 Å². The number of carbonyl (C=O) groups excluding carboxylic acids is 1. The van der Waals surface area contributed by atoms with Crippen LogP contribution in [0.3, 0.4) is 0 Å². The second kappa shape index (κ2) is 18.3. The SMILES string of the molecule is CC.CC/C(C)=N/N(C)/N=C(\C)CCN1CCOCC1.COc1cccc(C2COC(=O)N2c2ccc(Cl)cc2)c1. The number of morpholine rings is 1. The van der Waals surface area contributed by atoms with Crippen molar-refractivity contribution >= 4 is 34.8 Å². The summed E-state index contributed by atoms with van der Waals surface area (Å²) in [5, 5.41) is 11.1. The molecule has 4 rings (SSSR count). The fourth-order valence-corrected chi connectivity index (χ4v) is 4.31. The lowest BCUT2D eigenvalue weighted by Crippen LogP contribution is -2.37. The highest BCUT2D eigenvalue weighted by atomic mass is 35.5. The Morgan fingerprint density at radius 3 is 2.37 bits per heavy atom. The van der Waals surface area contributed by atoms with E-state index in [0.29, 0.717) is 11.6 Å². The molecule has 0 spiro atoms. The topological polar surface area (TPSA) is 79.2 Å². The van der Waals surface area contributed by atoms with E-state index in [9.17, 15) is 4.79 Å². The van der Waals surface area contributed by atoms with Gasteiger partial charge in [-0.2, -0.15) is 15.3 Å². The van der Waals surface area contributed by atoms with E-state index >= 15 is 0 Å². The predicted molar refractivity (Wildman–Crippen MR) is 169 cm³/mol. The van der Waals surface area contributed by atoms with Gasteiger partial charge in [0.25, 0.3) is 0 Å². The number of benzene rings is 2. The van der Waals surface area contributed by atoms with Gasteiger partial charge in [0, 0.05) is 55.2 Å². The molecule has 2 fully saturated rings. The van der Waals surface area contributed by atoms with Crippen molar-refractivity contribution in [1.82, 2.24) is 10.0 Å². The molecule has 0 radical (unpaired) electrons. The largest absolute Gasteiger partial charge is 0.497 e. The molecule has 0 bridgehead atoms. The average molecular weight is 588 g/mol. The average Bonchev–Trinajstić information content (AvgIpc) is 3.39. The Balaban J connectivity index is 0.000000274. The van der Waals surface area contributed by atoms with E-state index in [1.807, 2.05) is 64.2 Å². The van der Waals surface area contributed by atoms with Crippen molar-refractivity contribution in [1.29, 1.82) is 0 Å². The molecule has 2 aromatic rings. The Labute approximate surface area is 250 Å². The standard InChI is InChI=1S/C16H14ClNO3.C13H26N4O.C2H6/c1-20-14-4-2-3-11(9-14)15-10-21-16(19)18(15)13-7-5-12(17)6-8-13;1-5-12(2)14-16(4)15-13(3)6-7-17-8-10-18-11-9-17;1-2/h2-9,15H,10H2,1H3;5-11H2,1-4H3;1-2H3/b;14-12+,15-13+;. The summed E-state index contributed by atoms with van der Waals surface area (Å²) in [6, 6.07) is 14.6. The Bertz CT molecular complexity index is 1120. The Morgan fingerprint density at radius 1 is 1.07 bits per heavy atom. The van der Waals surface area contributed by atoms with E-state index < -0.39 is 0 Å². The van der Waals surface area contributed by atoms with Crippen LogP contribution in [0.1, 0.15) is 59.1 Å². The number of nitrogens with zero attached hydrogens (tertiary/aromatic N) is 5. The lowest BCUT2D eigenvalue weighted by atomic mass is 10.1. The van der Waals surface area contributed by atoms with Gasteiger partial charge < -0.3 is 14.2 Å². The van der Waals surface area contributed by atoms with Gasteiger partial charge in [0.15, 0.2) is 0 Å². The maximum Gasteiger partial charge on any atom is 0.415 e. The quantitative estimate of drug-likeness (QED) is 0.235. The molecular formula is C31H46ClN5O4. The van der Waals surface area contributed by atoms with Crippen molar-refractivity contribution in [2.24, 2.45) is 10.2 Å².